The van der Waals surface area contributed by atoms with Crippen LogP contribution in [0.2, 0.25) is 0 Å². The molecule has 0 fully saturated rings. The Hall–Kier alpha value is -0.0800. The van der Waals surface area contributed by atoms with Crippen LogP contribution in [0.1, 0.15) is 47.0 Å². The predicted octanol–water partition coefficient (Wildman–Crippen LogP) is 2.74. The zero-order chi connectivity index (χ0) is 11.5. The van der Waals surface area contributed by atoms with Gasteiger partial charge in [0.15, 0.2) is 0 Å². The number of hydrogen-bond acceptors (Lipinski definition) is 2. The molecule has 1 N–H and O–H groups in total. The highest BCUT2D eigenvalue weighted by Gasteiger charge is 1.99. The van der Waals surface area contributed by atoms with Gasteiger partial charge >= 0.3 is 0 Å². The van der Waals surface area contributed by atoms with Crippen LogP contribution < -0.4 is 5.32 Å². The molecule has 0 radical (unpaired) electrons. The Morgan fingerprint density at radius 3 is 2.27 bits per heavy atom. The summed E-state index contributed by atoms with van der Waals surface area (Å²) in [5.41, 5.74) is 0. The molecule has 1 unspecified atom stereocenters. The highest BCUT2D eigenvalue weighted by Crippen LogP contribution is 2.04. The van der Waals surface area contributed by atoms with Crippen LogP contribution in [-0.4, -0.2) is 37.6 Å². The van der Waals surface area contributed by atoms with Gasteiger partial charge in [-0.2, -0.15) is 0 Å². The summed E-state index contributed by atoms with van der Waals surface area (Å²) in [6.45, 7) is 15.0. The topological polar surface area (TPSA) is 15.3 Å². The van der Waals surface area contributed by atoms with Crippen LogP contribution >= 0.6 is 0 Å². The molecule has 0 aliphatic rings. The summed E-state index contributed by atoms with van der Waals surface area (Å²) in [6.07, 6.45) is 3.91. The molecule has 0 saturated heterocycles. The van der Waals surface area contributed by atoms with Gasteiger partial charge in [0.25, 0.3) is 0 Å². The molecule has 0 aromatic rings. The fraction of sp³-hybridized carbons (Fsp3) is 1.00. The lowest BCUT2D eigenvalue weighted by molar-refractivity contribution is 0.297. The van der Waals surface area contributed by atoms with E-state index in [0.717, 1.165) is 5.92 Å². The van der Waals surface area contributed by atoms with E-state index in [2.05, 4.69) is 37.9 Å². The third kappa shape index (κ3) is 8.88. The summed E-state index contributed by atoms with van der Waals surface area (Å²) in [6, 6.07) is 0. The van der Waals surface area contributed by atoms with Gasteiger partial charge < -0.3 is 10.2 Å². The molecule has 0 spiro atoms. The number of hydrogen-bond donors (Lipinski definition) is 1. The lowest BCUT2D eigenvalue weighted by atomic mass is 10.1. The number of nitrogens with zero attached hydrogens (tertiary/aromatic N) is 1. The SMILES string of the molecule is CCC(C)CCNCCCN(CC)CC. The fourth-order valence-corrected chi connectivity index (χ4v) is 1.65. The zero-order valence-corrected chi connectivity index (χ0v) is 11.2. The Kier molecular flexibility index (Phi) is 10.4. The minimum absolute atomic E-state index is 0.875. The van der Waals surface area contributed by atoms with Crippen molar-refractivity contribution in [2.45, 2.75) is 47.0 Å². The van der Waals surface area contributed by atoms with Crippen molar-refractivity contribution < 1.29 is 0 Å². The van der Waals surface area contributed by atoms with Crippen LogP contribution in [0.4, 0.5) is 0 Å². The monoisotopic (exact) mass is 214 g/mol. The van der Waals surface area contributed by atoms with Crippen molar-refractivity contribution in [2.24, 2.45) is 5.92 Å². The molecule has 0 bridgehead atoms. The summed E-state index contributed by atoms with van der Waals surface area (Å²) in [5, 5.41) is 3.53. The van der Waals surface area contributed by atoms with Gasteiger partial charge in [-0.15, -0.1) is 0 Å². The van der Waals surface area contributed by atoms with Crippen molar-refractivity contribution in [1.82, 2.24) is 10.2 Å². The predicted molar refractivity (Wildman–Crippen MR) is 69.3 cm³/mol. The molecule has 0 rings (SSSR count). The molecule has 15 heavy (non-hydrogen) atoms. The number of rotatable bonds is 10. The van der Waals surface area contributed by atoms with E-state index in [1.807, 2.05) is 0 Å². The van der Waals surface area contributed by atoms with E-state index in [9.17, 15) is 0 Å². The van der Waals surface area contributed by atoms with Crippen molar-refractivity contribution in [3.8, 4) is 0 Å². The van der Waals surface area contributed by atoms with Crippen molar-refractivity contribution in [1.29, 1.82) is 0 Å². The normalized spacial score (nSPS) is 13.4. The summed E-state index contributed by atoms with van der Waals surface area (Å²) < 4.78 is 0. The van der Waals surface area contributed by atoms with Crippen LogP contribution in [-0.2, 0) is 0 Å². The molecule has 0 aliphatic carbocycles. The van der Waals surface area contributed by atoms with Gasteiger partial charge in [-0.25, -0.2) is 0 Å². The molecule has 2 nitrogen and oxygen atoms in total. The van der Waals surface area contributed by atoms with Crippen LogP contribution in [0.5, 0.6) is 0 Å². The number of nitrogens with one attached hydrogen (secondary N) is 1. The van der Waals surface area contributed by atoms with Gasteiger partial charge in [0.05, 0.1) is 0 Å². The van der Waals surface area contributed by atoms with E-state index < -0.39 is 0 Å². The van der Waals surface area contributed by atoms with E-state index >= 15 is 0 Å². The maximum Gasteiger partial charge on any atom is -0.000687 e. The van der Waals surface area contributed by atoms with Gasteiger partial charge in [0, 0.05) is 0 Å². The molecule has 2 heteroatoms. The molecule has 0 aromatic heterocycles. The average molecular weight is 214 g/mol. The van der Waals surface area contributed by atoms with Crippen molar-refractivity contribution in [3.05, 3.63) is 0 Å². The lowest BCUT2D eigenvalue weighted by Gasteiger charge is -2.17. The first kappa shape index (κ1) is 14.9. The summed E-state index contributed by atoms with van der Waals surface area (Å²) in [5.74, 6) is 0.875. The maximum absolute atomic E-state index is 3.53. The molecular weight excluding hydrogens is 184 g/mol. The Morgan fingerprint density at radius 2 is 1.73 bits per heavy atom. The van der Waals surface area contributed by atoms with Crippen molar-refractivity contribution in [2.75, 3.05) is 32.7 Å². The van der Waals surface area contributed by atoms with Crippen LogP contribution in [0.25, 0.3) is 0 Å². The minimum Gasteiger partial charge on any atom is -0.317 e. The quantitative estimate of drug-likeness (QED) is 0.563. The summed E-state index contributed by atoms with van der Waals surface area (Å²) in [7, 11) is 0. The van der Waals surface area contributed by atoms with Crippen molar-refractivity contribution >= 4 is 0 Å². The second kappa shape index (κ2) is 10.4. The van der Waals surface area contributed by atoms with Gasteiger partial charge in [0.1, 0.15) is 0 Å². The molecule has 0 saturated carbocycles. The fourth-order valence-electron chi connectivity index (χ4n) is 1.65. The van der Waals surface area contributed by atoms with Gasteiger partial charge in [-0.05, 0) is 51.5 Å². The molecule has 0 aromatic carbocycles. The second-order valence-corrected chi connectivity index (χ2v) is 4.43. The zero-order valence-electron chi connectivity index (χ0n) is 11.2. The van der Waals surface area contributed by atoms with Crippen LogP contribution in [0.15, 0.2) is 0 Å². The van der Waals surface area contributed by atoms with Gasteiger partial charge in [0.2, 0.25) is 0 Å². The summed E-state index contributed by atoms with van der Waals surface area (Å²) in [4.78, 5) is 2.48. The molecular formula is C13H30N2. The molecule has 0 aliphatic heterocycles. The molecule has 0 heterocycles. The van der Waals surface area contributed by atoms with E-state index in [4.69, 9.17) is 0 Å². The first-order chi connectivity index (χ1) is 7.24. The minimum atomic E-state index is 0.875. The van der Waals surface area contributed by atoms with E-state index in [1.54, 1.807) is 0 Å². The van der Waals surface area contributed by atoms with Crippen LogP contribution in [0, 0.1) is 5.92 Å². The van der Waals surface area contributed by atoms with E-state index in [0.29, 0.717) is 0 Å². The molecule has 92 valence electrons. The first-order valence-electron chi connectivity index (χ1n) is 6.67. The molecule has 1 atom stereocenters. The standard InChI is InChI=1S/C13H30N2/c1-5-13(4)9-11-14-10-8-12-15(6-2)7-3/h13-14H,5-12H2,1-4H3. The van der Waals surface area contributed by atoms with Gasteiger partial charge in [-0.1, -0.05) is 34.1 Å². The lowest BCUT2D eigenvalue weighted by Crippen LogP contribution is -2.27. The Bertz CT molecular complexity index is 122. The third-order valence-electron chi connectivity index (χ3n) is 3.23. The smallest absolute Gasteiger partial charge is 0.000687 e. The Labute approximate surface area is 96.4 Å². The van der Waals surface area contributed by atoms with E-state index in [-0.39, 0.29) is 0 Å². The van der Waals surface area contributed by atoms with E-state index in [1.165, 1.54) is 52.0 Å². The maximum atomic E-state index is 3.53. The van der Waals surface area contributed by atoms with Crippen LogP contribution in [0.3, 0.4) is 0 Å². The highest BCUT2D eigenvalue weighted by atomic mass is 15.1. The summed E-state index contributed by atoms with van der Waals surface area (Å²) >= 11 is 0. The Morgan fingerprint density at radius 1 is 1.07 bits per heavy atom. The second-order valence-electron chi connectivity index (χ2n) is 4.43. The first-order valence-corrected chi connectivity index (χ1v) is 6.67. The largest absolute Gasteiger partial charge is 0.317 e. The van der Waals surface area contributed by atoms with Gasteiger partial charge in [-0.3, -0.25) is 0 Å². The Balaban J connectivity index is 3.17. The van der Waals surface area contributed by atoms with Crippen molar-refractivity contribution in [3.63, 3.8) is 0 Å². The molecule has 0 amide bonds. The highest BCUT2D eigenvalue weighted by molar-refractivity contribution is 4.57. The third-order valence-corrected chi connectivity index (χ3v) is 3.23. The average Bonchev–Trinajstić information content (AvgIpc) is 2.28.